The predicted octanol–water partition coefficient (Wildman–Crippen LogP) is 3.38. The molecule has 120 valence electrons. The molecule has 1 N–H and O–H groups in total. The van der Waals surface area contributed by atoms with Gasteiger partial charge in [0, 0.05) is 0 Å². The van der Waals surface area contributed by atoms with E-state index in [1.807, 2.05) is 36.4 Å². The minimum Gasteiger partial charge on any atom is -0.344 e. The maximum absolute atomic E-state index is 12.5. The van der Waals surface area contributed by atoms with Crippen molar-refractivity contribution >= 4 is 5.91 Å². The Kier molecular flexibility index (Phi) is 5.43. The van der Waals surface area contributed by atoms with Gasteiger partial charge in [-0.3, -0.25) is 9.69 Å². The fourth-order valence-corrected chi connectivity index (χ4v) is 3.18. The molecule has 3 heteroatoms. The van der Waals surface area contributed by atoms with Crippen LogP contribution in [-0.4, -0.2) is 30.4 Å². The molecule has 2 aromatic carbocycles. The molecule has 1 saturated heterocycles. The third-order valence-electron chi connectivity index (χ3n) is 4.39. The summed E-state index contributed by atoms with van der Waals surface area (Å²) >= 11 is 0. The fraction of sp³-hybridized carbons (Fsp3) is 0.350. The number of benzene rings is 2. The van der Waals surface area contributed by atoms with Crippen molar-refractivity contribution in [2.24, 2.45) is 0 Å². The molecular formula is C20H24N2O. The fourth-order valence-electron chi connectivity index (χ4n) is 3.18. The van der Waals surface area contributed by atoms with Gasteiger partial charge in [0.15, 0.2) is 0 Å². The van der Waals surface area contributed by atoms with Gasteiger partial charge in [-0.1, -0.05) is 67.1 Å². The van der Waals surface area contributed by atoms with Crippen LogP contribution in [0.15, 0.2) is 60.7 Å². The Morgan fingerprint density at radius 3 is 1.91 bits per heavy atom. The standard InChI is InChI=1S/C20H24N2O/c23-19(16-22-14-8-3-9-15-22)21-20(17-10-4-1-5-11-17)18-12-6-2-7-13-18/h1-2,4-7,10-13,20H,3,8-9,14-16H2,(H,21,23). The van der Waals surface area contributed by atoms with Crippen molar-refractivity contribution in [1.29, 1.82) is 0 Å². The van der Waals surface area contributed by atoms with Crippen LogP contribution < -0.4 is 5.32 Å². The van der Waals surface area contributed by atoms with Crippen LogP contribution in [0.5, 0.6) is 0 Å². The Balaban J connectivity index is 1.72. The average Bonchev–Trinajstić information content (AvgIpc) is 2.62. The summed E-state index contributed by atoms with van der Waals surface area (Å²) in [6.07, 6.45) is 3.69. The van der Waals surface area contributed by atoms with Gasteiger partial charge in [-0.15, -0.1) is 0 Å². The van der Waals surface area contributed by atoms with Gasteiger partial charge in [0.1, 0.15) is 0 Å². The minimum absolute atomic E-state index is 0.0882. The maximum Gasteiger partial charge on any atom is 0.234 e. The zero-order valence-corrected chi connectivity index (χ0v) is 13.4. The third kappa shape index (κ3) is 4.42. The summed E-state index contributed by atoms with van der Waals surface area (Å²) in [7, 11) is 0. The first kappa shape index (κ1) is 15.8. The molecule has 0 spiro atoms. The summed E-state index contributed by atoms with van der Waals surface area (Å²) in [5.74, 6) is 0.101. The van der Waals surface area contributed by atoms with Gasteiger partial charge in [-0.05, 0) is 37.1 Å². The molecule has 0 radical (unpaired) electrons. The first-order chi connectivity index (χ1) is 11.3. The van der Waals surface area contributed by atoms with Gasteiger partial charge in [-0.2, -0.15) is 0 Å². The number of rotatable bonds is 5. The van der Waals surface area contributed by atoms with Gasteiger partial charge in [0.25, 0.3) is 0 Å². The maximum atomic E-state index is 12.5. The largest absolute Gasteiger partial charge is 0.344 e. The lowest BCUT2D eigenvalue weighted by molar-refractivity contribution is -0.123. The molecule has 3 rings (SSSR count). The summed E-state index contributed by atoms with van der Waals surface area (Å²) in [6, 6.07) is 20.3. The van der Waals surface area contributed by atoms with Gasteiger partial charge < -0.3 is 5.32 Å². The molecule has 2 aromatic rings. The van der Waals surface area contributed by atoms with Crippen LogP contribution in [-0.2, 0) is 4.79 Å². The van der Waals surface area contributed by atoms with Crippen molar-refractivity contribution in [3.63, 3.8) is 0 Å². The van der Waals surface area contributed by atoms with Crippen molar-refractivity contribution in [2.75, 3.05) is 19.6 Å². The molecule has 0 atom stereocenters. The van der Waals surface area contributed by atoms with E-state index in [0.717, 1.165) is 24.2 Å². The predicted molar refractivity (Wildman–Crippen MR) is 93.2 cm³/mol. The Labute approximate surface area is 138 Å². The van der Waals surface area contributed by atoms with E-state index in [2.05, 4.69) is 34.5 Å². The average molecular weight is 308 g/mol. The molecule has 1 fully saturated rings. The quantitative estimate of drug-likeness (QED) is 0.918. The highest BCUT2D eigenvalue weighted by molar-refractivity contribution is 5.79. The number of carbonyl (C=O) groups is 1. The summed E-state index contributed by atoms with van der Waals surface area (Å²) in [5, 5.41) is 3.22. The van der Waals surface area contributed by atoms with Crippen molar-refractivity contribution in [3.8, 4) is 0 Å². The van der Waals surface area contributed by atoms with E-state index in [-0.39, 0.29) is 11.9 Å². The first-order valence-corrected chi connectivity index (χ1v) is 8.44. The molecule has 1 aliphatic rings. The number of hydrogen-bond acceptors (Lipinski definition) is 2. The van der Waals surface area contributed by atoms with Crippen LogP contribution in [0.2, 0.25) is 0 Å². The summed E-state index contributed by atoms with van der Waals surface area (Å²) in [5.41, 5.74) is 2.23. The van der Waals surface area contributed by atoms with E-state index < -0.39 is 0 Å². The zero-order chi connectivity index (χ0) is 15.9. The smallest absolute Gasteiger partial charge is 0.234 e. The lowest BCUT2D eigenvalue weighted by atomic mass is 9.98. The molecule has 0 bridgehead atoms. The number of carbonyl (C=O) groups excluding carboxylic acids is 1. The number of amides is 1. The monoisotopic (exact) mass is 308 g/mol. The number of piperidine rings is 1. The van der Waals surface area contributed by atoms with E-state index in [0.29, 0.717) is 6.54 Å². The van der Waals surface area contributed by atoms with Crippen molar-refractivity contribution in [2.45, 2.75) is 25.3 Å². The highest BCUT2D eigenvalue weighted by Crippen LogP contribution is 2.21. The van der Waals surface area contributed by atoms with E-state index in [9.17, 15) is 4.79 Å². The van der Waals surface area contributed by atoms with Gasteiger partial charge in [-0.25, -0.2) is 0 Å². The number of nitrogens with zero attached hydrogens (tertiary/aromatic N) is 1. The Morgan fingerprint density at radius 1 is 0.870 bits per heavy atom. The van der Waals surface area contributed by atoms with E-state index in [1.54, 1.807) is 0 Å². The molecule has 23 heavy (non-hydrogen) atoms. The summed E-state index contributed by atoms with van der Waals surface area (Å²) in [6.45, 7) is 2.57. The second-order valence-electron chi connectivity index (χ2n) is 6.16. The van der Waals surface area contributed by atoms with Gasteiger partial charge >= 0.3 is 0 Å². The lowest BCUT2D eigenvalue weighted by Crippen LogP contribution is -2.41. The van der Waals surface area contributed by atoms with Crippen LogP contribution in [0.25, 0.3) is 0 Å². The summed E-state index contributed by atoms with van der Waals surface area (Å²) in [4.78, 5) is 14.8. The normalized spacial score (nSPS) is 15.5. The van der Waals surface area contributed by atoms with E-state index in [1.165, 1.54) is 19.3 Å². The van der Waals surface area contributed by atoms with Crippen LogP contribution in [0.3, 0.4) is 0 Å². The molecule has 1 amide bonds. The SMILES string of the molecule is O=C(CN1CCCCC1)NC(c1ccccc1)c1ccccc1. The lowest BCUT2D eigenvalue weighted by Gasteiger charge is -2.27. The molecule has 0 saturated carbocycles. The number of hydrogen-bond donors (Lipinski definition) is 1. The zero-order valence-electron chi connectivity index (χ0n) is 13.4. The topological polar surface area (TPSA) is 32.3 Å². The molecule has 0 aliphatic carbocycles. The second-order valence-corrected chi connectivity index (χ2v) is 6.16. The molecule has 0 aromatic heterocycles. The van der Waals surface area contributed by atoms with Crippen LogP contribution in [0.1, 0.15) is 36.4 Å². The van der Waals surface area contributed by atoms with Crippen LogP contribution >= 0.6 is 0 Å². The molecule has 1 heterocycles. The van der Waals surface area contributed by atoms with Gasteiger partial charge in [0.2, 0.25) is 5.91 Å². The number of likely N-dealkylation sites (tertiary alicyclic amines) is 1. The highest BCUT2D eigenvalue weighted by atomic mass is 16.2. The molecule has 1 aliphatic heterocycles. The van der Waals surface area contributed by atoms with Gasteiger partial charge in [0.05, 0.1) is 12.6 Å². The molecule has 3 nitrogen and oxygen atoms in total. The Morgan fingerprint density at radius 2 is 1.39 bits per heavy atom. The first-order valence-electron chi connectivity index (χ1n) is 8.44. The molecular weight excluding hydrogens is 284 g/mol. The third-order valence-corrected chi connectivity index (χ3v) is 4.39. The Bertz CT molecular complexity index is 567. The second kappa shape index (κ2) is 7.93. The van der Waals surface area contributed by atoms with Crippen molar-refractivity contribution < 1.29 is 4.79 Å². The van der Waals surface area contributed by atoms with Crippen molar-refractivity contribution in [1.82, 2.24) is 10.2 Å². The summed E-state index contributed by atoms with van der Waals surface area (Å²) < 4.78 is 0. The highest BCUT2D eigenvalue weighted by Gasteiger charge is 2.19. The van der Waals surface area contributed by atoms with E-state index >= 15 is 0 Å². The molecule has 0 unspecified atom stereocenters. The van der Waals surface area contributed by atoms with Crippen molar-refractivity contribution in [3.05, 3.63) is 71.8 Å². The van der Waals surface area contributed by atoms with Crippen LogP contribution in [0, 0.1) is 0 Å². The van der Waals surface area contributed by atoms with E-state index in [4.69, 9.17) is 0 Å². The Hall–Kier alpha value is -2.13. The van der Waals surface area contributed by atoms with Crippen LogP contribution in [0.4, 0.5) is 0 Å². The number of nitrogens with one attached hydrogen (secondary N) is 1. The minimum atomic E-state index is -0.0882.